The number of β-amino-alcohol motifs (C(OH)–C–C–N with tert-alkyl or cyclic N) is 1. The predicted octanol–water partition coefficient (Wildman–Crippen LogP) is 2.22. The second kappa shape index (κ2) is 5.07. The molecule has 1 atom stereocenters. The second-order valence-corrected chi connectivity index (χ2v) is 4.47. The number of benzene rings is 1. The molecule has 0 radical (unpaired) electrons. The van der Waals surface area contributed by atoms with Crippen LogP contribution in [0.25, 0.3) is 0 Å². The number of likely N-dealkylation sites (tertiary alicyclic amines) is 1. The minimum absolute atomic E-state index is 0.187. The minimum atomic E-state index is -0.937. The molecule has 7 heteroatoms. The maximum atomic E-state index is 13.4. The summed E-state index contributed by atoms with van der Waals surface area (Å²) in [7, 11) is 0. The maximum absolute atomic E-state index is 13.4. The summed E-state index contributed by atoms with van der Waals surface area (Å²) in [5.41, 5.74) is -0.260. The molecule has 0 aliphatic carbocycles. The summed E-state index contributed by atoms with van der Waals surface area (Å²) in [6, 6.07) is 0.985. The molecule has 1 fully saturated rings. The van der Waals surface area contributed by atoms with Crippen molar-refractivity contribution in [2.75, 3.05) is 18.4 Å². The topological polar surface area (TPSA) is 52.6 Å². The molecule has 1 aliphatic rings. The monoisotopic (exact) mass is 276 g/mol. The average molecular weight is 277 g/mol. The Hall–Kier alpha value is -1.40. The van der Waals surface area contributed by atoms with Crippen LogP contribution < -0.4 is 5.32 Å². The highest BCUT2D eigenvalue weighted by atomic mass is 35.5. The largest absolute Gasteiger partial charge is 0.391 e. The van der Waals surface area contributed by atoms with Crippen LogP contribution in [0.1, 0.15) is 6.42 Å². The molecule has 1 saturated heterocycles. The van der Waals surface area contributed by atoms with E-state index in [1.807, 2.05) is 0 Å². The van der Waals surface area contributed by atoms with Gasteiger partial charge in [0.15, 0.2) is 5.82 Å². The number of halogens is 3. The molecule has 2 amide bonds. The molecule has 1 aliphatic heterocycles. The summed E-state index contributed by atoms with van der Waals surface area (Å²) in [5.74, 6) is -1.75. The van der Waals surface area contributed by atoms with Gasteiger partial charge in [0.05, 0.1) is 16.8 Å². The molecule has 4 nitrogen and oxygen atoms in total. The number of rotatable bonds is 1. The molecular weight excluding hydrogens is 266 g/mol. The quantitative estimate of drug-likeness (QED) is 0.826. The van der Waals surface area contributed by atoms with E-state index in [1.54, 1.807) is 0 Å². The number of nitrogens with zero attached hydrogens (tertiary/aromatic N) is 1. The van der Waals surface area contributed by atoms with Crippen LogP contribution in [0, 0.1) is 11.6 Å². The van der Waals surface area contributed by atoms with Gasteiger partial charge in [-0.1, -0.05) is 11.6 Å². The molecule has 1 heterocycles. The third-order valence-corrected chi connectivity index (χ3v) is 2.99. The summed E-state index contributed by atoms with van der Waals surface area (Å²) in [5, 5.41) is 11.4. The number of aliphatic hydroxyl groups excluding tert-OH is 1. The van der Waals surface area contributed by atoms with E-state index in [1.165, 1.54) is 4.90 Å². The lowest BCUT2D eigenvalue weighted by atomic mass is 10.3. The van der Waals surface area contributed by atoms with Crippen LogP contribution in [0.5, 0.6) is 0 Å². The van der Waals surface area contributed by atoms with Gasteiger partial charge in [-0.3, -0.25) is 0 Å². The molecule has 0 bridgehead atoms. The van der Waals surface area contributed by atoms with Crippen molar-refractivity contribution in [3.8, 4) is 0 Å². The van der Waals surface area contributed by atoms with Gasteiger partial charge in [-0.2, -0.15) is 0 Å². The average Bonchev–Trinajstić information content (AvgIpc) is 2.70. The van der Waals surface area contributed by atoms with Crippen LogP contribution in [0.2, 0.25) is 5.02 Å². The Morgan fingerprint density at radius 2 is 2.22 bits per heavy atom. The van der Waals surface area contributed by atoms with E-state index in [2.05, 4.69) is 5.32 Å². The van der Waals surface area contributed by atoms with E-state index in [9.17, 15) is 18.7 Å². The number of aliphatic hydroxyl groups is 1. The van der Waals surface area contributed by atoms with Crippen molar-refractivity contribution < 1.29 is 18.7 Å². The van der Waals surface area contributed by atoms with E-state index in [0.29, 0.717) is 19.0 Å². The Morgan fingerprint density at radius 3 is 2.78 bits per heavy atom. The van der Waals surface area contributed by atoms with Crippen molar-refractivity contribution in [1.82, 2.24) is 4.90 Å². The smallest absolute Gasteiger partial charge is 0.322 e. The van der Waals surface area contributed by atoms with Gasteiger partial charge in [0.2, 0.25) is 0 Å². The number of nitrogens with one attached hydrogen (secondary N) is 1. The lowest BCUT2D eigenvalue weighted by Crippen LogP contribution is -2.34. The molecular formula is C11H11ClF2N2O2. The first kappa shape index (κ1) is 13.0. The zero-order valence-electron chi connectivity index (χ0n) is 9.29. The SMILES string of the molecule is O=C(Nc1c(F)cc(F)cc1Cl)N1CC[C@H](O)C1. The van der Waals surface area contributed by atoms with E-state index in [0.717, 1.165) is 6.07 Å². The highest BCUT2D eigenvalue weighted by Crippen LogP contribution is 2.27. The lowest BCUT2D eigenvalue weighted by Gasteiger charge is -2.17. The molecule has 2 N–H and O–H groups in total. The number of carbonyl (C=O) groups is 1. The van der Waals surface area contributed by atoms with Crippen molar-refractivity contribution >= 4 is 23.3 Å². The van der Waals surface area contributed by atoms with Crippen molar-refractivity contribution in [2.24, 2.45) is 0 Å². The van der Waals surface area contributed by atoms with Gasteiger partial charge < -0.3 is 15.3 Å². The standard InChI is InChI=1S/C11H11ClF2N2O2/c12-8-3-6(13)4-9(14)10(8)15-11(18)16-2-1-7(17)5-16/h3-4,7,17H,1-2,5H2,(H,15,18)/t7-/m0/s1. The first-order chi connectivity index (χ1) is 8.47. The maximum Gasteiger partial charge on any atom is 0.322 e. The fraction of sp³-hybridized carbons (Fsp3) is 0.364. The molecule has 2 rings (SSSR count). The molecule has 1 aromatic carbocycles. The molecule has 98 valence electrons. The van der Waals surface area contributed by atoms with Crippen molar-refractivity contribution in [3.05, 3.63) is 28.8 Å². The van der Waals surface area contributed by atoms with Gasteiger partial charge >= 0.3 is 6.03 Å². The van der Waals surface area contributed by atoms with E-state index in [-0.39, 0.29) is 17.3 Å². The second-order valence-electron chi connectivity index (χ2n) is 4.06. The number of urea groups is 1. The van der Waals surface area contributed by atoms with Crippen LogP contribution in [-0.4, -0.2) is 35.2 Å². The third kappa shape index (κ3) is 2.70. The fourth-order valence-electron chi connectivity index (χ4n) is 1.77. The van der Waals surface area contributed by atoms with E-state index in [4.69, 9.17) is 11.6 Å². The van der Waals surface area contributed by atoms with Crippen LogP contribution in [0.4, 0.5) is 19.3 Å². The number of hydrogen-bond donors (Lipinski definition) is 2. The molecule has 0 unspecified atom stereocenters. The van der Waals surface area contributed by atoms with E-state index >= 15 is 0 Å². The number of hydrogen-bond acceptors (Lipinski definition) is 2. The molecule has 18 heavy (non-hydrogen) atoms. The third-order valence-electron chi connectivity index (χ3n) is 2.69. The lowest BCUT2D eigenvalue weighted by molar-refractivity contribution is 0.176. The predicted molar refractivity (Wildman–Crippen MR) is 62.6 cm³/mol. The Balaban J connectivity index is 2.12. The van der Waals surface area contributed by atoms with Gasteiger partial charge in [-0.25, -0.2) is 13.6 Å². The zero-order chi connectivity index (χ0) is 13.3. The molecule has 0 spiro atoms. The number of amides is 2. The van der Waals surface area contributed by atoms with Gasteiger partial charge in [0.1, 0.15) is 5.82 Å². The minimum Gasteiger partial charge on any atom is -0.391 e. The van der Waals surface area contributed by atoms with Crippen LogP contribution in [0.3, 0.4) is 0 Å². The zero-order valence-corrected chi connectivity index (χ0v) is 10.0. The van der Waals surface area contributed by atoms with Crippen molar-refractivity contribution in [1.29, 1.82) is 0 Å². The van der Waals surface area contributed by atoms with Gasteiger partial charge in [0, 0.05) is 19.2 Å². The van der Waals surface area contributed by atoms with Gasteiger partial charge in [0.25, 0.3) is 0 Å². The summed E-state index contributed by atoms with van der Waals surface area (Å²) in [6.45, 7) is 0.569. The highest BCUT2D eigenvalue weighted by Gasteiger charge is 2.25. The van der Waals surface area contributed by atoms with Crippen molar-refractivity contribution in [2.45, 2.75) is 12.5 Å². The van der Waals surface area contributed by atoms with Crippen LogP contribution in [-0.2, 0) is 0 Å². The first-order valence-corrected chi connectivity index (χ1v) is 5.73. The Bertz CT molecular complexity index is 461. The normalized spacial score (nSPS) is 19.1. The Labute approximate surface area is 107 Å². The van der Waals surface area contributed by atoms with E-state index < -0.39 is 23.8 Å². The molecule has 0 aromatic heterocycles. The van der Waals surface area contributed by atoms with Crippen molar-refractivity contribution in [3.63, 3.8) is 0 Å². The number of carbonyl (C=O) groups excluding carboxylic acids is 1. The summed E-state index contributed by atoms with van der Waals surface area (Å²) in [6.07, 6.45) is -0.0863. The van der Waals surface area contributed by atoms with Crippen LogP contribution >= 0.6 is 11.6 Å². The van der Waals surface area contributed by atoms with Gasteiger partial charge in [-0.15, -0.1) is 0 Å². The summed E-state index contributed by atoms with van der Waals surface area (Å²) in [4.78, 5) is 13.1. The summed E-state index contributed by atoms with van der Waals surface area (Å²) < 4.78 is 26.2. The van der Waals surface area contributed by atoms with Gasteiger partial charge in [-0.05, 0) is 12.5 Å². The highest BCUT2D eigenvalue weighted by molar-refractivity contribution is 6.33. The van der Waals surface area contributed by atoms with Crippen LogP contribution in [0.15, 0.2) is 12.1 Å². The molecule has 1 aromatic rings. The Morgan fingerprint density at radius 1 is 1.50 bits per heavy atom. The fourth-order valence-corrected chi connectivity index (χ4v) is 2.02. The summed E-state index contributed by atoms with van der Waals surface area (Å²) >= 11 is 5.65. The molecule has 0 saturated carbocycles. The number of anilines is 1. The first-order valence-electron chi connectivity index (χ1n) is 5.36. The Kier molecular flexibility index (Phi) is 3.68.